The van der Waals surface area contributed by atoms with E-state index in [-0.39, 0.29) is 0 Å². The Morgan fingerprint density at radius 3 is 2.76 bits per heavy atom. The van der Waals surface area contributed by atoms with E-state index >= 15 is 0 Å². The summed E-state index contributed by atoms with van der Waals surface area (Å²) in [6.45, 7) is 0. The Kier molecular flexibility index (Phi) is 4.57. The highest BCUT2D eigenvalue weighted by molar-refractivity contribution is 5.43. The molecule has 0 radical (unpaired) electrons. The molecular weight excluding hydrogens is 268 g/mol. The van der Waals surface area contributed by atoms with Gasteiger partial charge in [-0.05, 0) is 30.4 Å². The van der Waals surface area contributed by atoms with Gasteiger partial charge in [-0.1, -0.05) is 6.07 Å². The smallest absolute Gasteiger partial charge is 0.131 e. The zero-order valence-electron chi connectivity index (χ0n) is 11.7. The van der Waals surface area contributed by atoms with Crippen LogP contribution in [-0.2, 0) is 0 Å². The third-order valence-corrected chi connectivity index (χ3v) is 2.94. The molecule has 7 N–H and O–H groups in total. The van der Waals surface area contributed by atoms with Crippen LogP contribution in [0.3, 0.4) is 0 Å². The van der Waals surface area contributed by atoms with E-state index in [0.717, 1.165) is 0 Å². The van der Waals surface area contributed by atoms with Crippen molar-refractivity contribution in [3.63, 3.8) is 0 Å². The molecule has 2 rings (SSSR count). The Morgan fingerprint density at radius 1 is 1.24 bits per heavy atom. The first-order valence-electron chi connectivity index (χ1n) is 6.30. The molecule has 1 aromatic rings. The van der Waals surface area contributed by atoms with Gasteiger partial charge in [0.1, 0.15) is 11.8 Å². The van der Waals surface area contributed by atoms with E-state index in [2.05, 4.69) is 15.7 Å². The average Bonchev–Trinajstić information content (AvgIpc) is 2.65. The summed E-state index contributed by atoms with van der Waals surface area (Å²) < 4.78 is 5.14. The summed E-state index contributed by atoms with van der Waals surface area (Å²) in [6, 6.07) is 6.82. The standard InChI is InChI=1S/C14H18N6O/c1-21-10-4-2-3-9(7-10)19-20-14-8-13(18-17)11(15)5-6-12(14)16/h2-8,14,18H,15-17H2,1H3. The van der Waals surface area contributed by atoms with Crippen molar-refractivity contribution in [1.29, 1.82) is 0 Å². The number of rotatable bonds is 4. The van der Waals surface area contributed by atoms with Crippen LogP contribution < -0.4 is 27.5 Å². The van der Waals surface area contributed by atoms with Gasteiger partial charge in [0.25, 0.3) is 0 Å². The molecule has 1 aliphatic rings. The van der Waals surface area contributed by atoms with Gasteiger partial charge in [0, 0.05) is 11.8 Å². The minimum absolute atomic E-state index is 0.445. The SMILES string of the molecule is COc1cccc(N=NC2C=C(NN)C(N)=CC=C2N)c1. The normalized spacial score (nSPS) is 18.6. The van der Waals surface area contributed by atoms with E-state index in [0.29, 0.717) is 28.5 Å². The minimum atomic E-state index is -0.445. The van der Waals surface area contributed by atoms with E-state index in [1.54, 1.807) is 31.4 Å². The van der Waals surface area contributed by atoms with Crippen molar-refractivity contribution in [1.82, 2.24) is 5.43 Å². The molecule has 7 nitrogen and oxygen atoms in total. The molecule has 1 unspecified atom stereocenters. The summed E-state index contributed by atoms with van der Waals surface area (Å²) in [7, 11) is 1.60. The molecule has 0 spiro atoms. The van der Waals surface area contributed by atoms with Gasteiger partial charge in [-0.25, -0.2) is 0 Å². The van der Waals surface area contributed by atoms with Gasteiger partial charge in [0.15, 0.2) is 0 Å². The molecule has 0 amide bonds. The van der Waals surface area contributed by atoms with Gasteiger partial charge in [0.05, 0.1) is 24.2 Å². The second-order valence-corrected chi connectivity index (χ2v) is 4.38. The molecule has 1 aliphatic carbocycles. The molecule has 1 atom stereocenters. The maximum absolute atomic E-state index is 5.95. The third kappa shape index (κ3) is 3.61. The van der Waals surface area contributed by atoms with Gasteiger partial charge in [-0.15, -0.1) is 0 Å². The number of nitrogens with zero attached hydrogens (tertiary/aromatic N) is 2. The summed E-state index contributed by atoms with van der Waals surface area (Å²) in [5.41, 5.74) is 16.5. The summed E-state index contributed by atoms with van der Waals surface area (Å²) >= 11 is 0. The number of hydrogen-bond donors (Lipinski definition) is 4. The van der Waals surface area contributed by atoms with Crippen molar-refractivity contribution in [3.8, 4) is 5.75 Å². The highest BCUT2D eigenvalue weighted by Gasteiger charge is 2.13. The fourth-order valence-electron chi connectivity index (χ4n) is 1.76. The highest BCUT2D eigenvalue weighted by atomic mass is 16.5. The van der Waals surface area contributed by atoms with Crippen molar-refractivity contribution < 1.29 is 4.74 Å². The van der Waals surface area contributed by atoms with Crippen molar-refractivity contribution in [2.45, 2.75) is 6.04 Å². The molecule has 110 valence electrons. The second-order valence-electron chi connectivity index (χ2n) is 4.38. The summed E-state index contributed by atoms with van der Waals surface area (Å²) in [6.07, 6.45) is 5.07. The van der Waals surface area contributed by atoms with Crippen LogP contribution in [0.2, 0.25) is 0 Å². The summed E-state index contributed by atoms with van der Waals surface area (Å²) in [5.74, 6) is 6.13. The van der Waals surface area contributed by atoms with Crippen molar-refractivity contribution in [3.05, 3.63) is 59.6 Å². The van der Waals surface area contributed by atoms with Crippen LogP contribution in [0, 0.1) is 0 Å². The van der Waals surface area contributed by atoms with Crippen LogP contribution in [-0.4, -0.2) is 13.2 Å². The van der Waals surface area contributed by atoms with Gasteiger partial charge >= 0.3 is 0 Å². The van der Waals surface area contributed by atoms with Crippen molar-refractivity contribution in [2.24, 2.45) is 27.5 Å². The molecule has 0 bridgehead atoms. The molecule has 0 heterocycles. The quantitative estimate of drug-likeness (QED) is 0.376. The highest BCUT2D eigenvalue weighted by Crippen LogP contribution is 2.21. The van der Waals surface area contributed by atoms with Gasteiger partial charge < -0.3 is 21.6 Å². The van der Waals surface area contributed by atoms with Crippen molar-refractivity contribution >= 4 is 5.69 Å². The molecule has 0 fully saturated rings. The van der Waals surface area contributed by atoms with E-state index in [9.17, 15) is 0 Å². The van der Waals surface area contributed by atoms with Crippen molar-refractivity contribution in [2.75, 3.05) is 7.11 Å². The molecule has 0 saturated carbocycles. The molecule has 0 aromatic heterocycles. The Bertz CT molecular complexity index is 632. The number of methoxy groups -OCH3 is 1. The zero-order valence-corrected chi connectivity index (χ0v) is 11.7. The summed E-state index contributed by atoms with van der Waals surface area (Å²) in [4.78, 5) is 0. The number of azo groups is 1. The first-order valence-corrected chi connectivity index (χ1v) is 6.30. The number of hydrogen-bond acceptors (Lipinski definition) is 7. The molecule has 1 aromatic carbocycles. The lowest BCUT2D eigenvalue weighted by Gasteiger charge is -2.09. The maximum atomic E-state index is 5.95. The van der Waals surface area contributed by atoms with Gasteiger partial charge in [-0.2, -0.15) is 10.2 Å². The van der Waals surface area contributed by atoms with E-state index in [4.69, 9.17) is 22.0 Å². The first kappa shape index (κ1) is 14.6. The maximum Gasteiger partial charge on any atom is 0.131 e. The molecular formula is C14H18N6O. The number of allylic oxidation sites excluding steroid dienone is 2. The Balaban J connectivity index is 2.24. The van der Waals surface area contributed by atoms with Crippen LogP contribution in [0.5, 0.6) is 5.75 Å². The molecule has 21 heavy (non-hydrogen) atoms. The lowest BCUT2D eigenvalue weighted by molar-refractivity contribution is 0.415. The average molecular weight is 286 g/mol. The topological polar surface area (TPSA) is 124 Å². The number of benzene rings is 1. The van der Waals surface area contributed by atoms with E-state index in [1.165, 1.54) is 0 Å². The Labute approximate surface area is 122 Å². The Morgan fingerprint density at radius 2 is 2.05 bits per heavy atom. The van der Waals surface area contributed by atoms with E-state index in [1.807, 2.05) is 18.2 Å². The lowest BCUT2D eigenvalue weighted by atomic mass is 10.2. The van der Waals surface area contributed by atoms with Crippen LogP contribution in [0.4, 0.5) is 5.69 Å². The van der Waals surface area contributed by atoms with Gasteiger partial charge in [-0.3, -0.25) is 5.84 Å². The van der Waals surface area contributed by atoms with Crippen LogP contribution in [0.25, 0.3) is 0 Å². The monoisotopic (exact) mass is 286 g/mol. The zero-order chi connectivity index (χ0) is 15.2. The lowest BCUT2D eigenvalue weighted by Crippen LogP contribution is -2.26. The molecule has 0 saturated heterocycles. The largest absolute Gasteiger partial charge is 0.497 e. The van der Waals surface area contributed by atoms with Crippen LogP contribution in [0.15, 0.2) is 69.8 Å². The predicted molar refractivity (Wildman–Crippen MR) is 81.2 cm³/mol. The third-order valence-electron chi connectivity index (χ3n) is 2.94. The number of nitrogens with one attached hydrogen (secondary N) is 1. The minimum Gasteiger partial charge on any atom is -0.497 e. The van der Waals surface area contributed by atoms with Gasteiger partial charge in [0.2, 0.25) is 0 Å². The predicted octanol–water partition coefficient (Wildman–Crippen LogP) is 1.19. The Hall–Kier alpha value is -2.80. The molecule has 7 heteroatoms. The van der Waals surface area contributed by atoms with Crippen LogP contribution in [0.1, 0.15) is 0 Å². The summed E-state index contributed by atoms with van der Waals surface area (Å²) in [5, 5.41) is 8.39. The number of nitrogens with two attached hydrogens (primary N) is 3. The first-order chi connectivity index (χ1) is 10.1. The fraction of sp³-hybridized carbons (Fsp3) is 0.143. The second kappa shape index (κ2) is 6.58. The van der Waals surface area contributed by atoms with Crippen LogP contribution >= 0.6 is 0 Å². The number of ether oxygens (including phenoxy) is 1. The van der Waals surface area contributed by atoms with E-state index < -0.39 is 6.04 Å². The fourth-order valence-corrected chi connectivity index (χ4v) is 1.76. The number of hydrazine groups is 1. The molecule has 0 aliphatic heterocycles.